The number of aliphatic hydroxyl groups excluding tert-OH is 2. The van der Waals surface area contributed by atoms with E-state index in [4.69, 9.17) is 20.3 Å². The van der Waals surface area contributed by atoms with Crippen LogP contribution in [0.3, 0.4) is 0 Å². The van der Waals surface area contributed by atoms with E-state index >= 15 is 0 Å². The Kier molecular flexibility index (Phi) is 15.5. The monoisotopic (exact) mass is 583 g/mol. The van der Waals surface area contributed by atoms with Crippen LogP contribution < -0.4 is 100 Å². The minimum absolute atomic E-state index is 0. The van der Waals surface area contributed by atoms with Gasteiger partial charge in [-0.05, 0) is 13.0 Å². The third-order valence-corrected chi connectivity index (χ3v) is 10.1. The van der Waals surface area contributed by atoms with E-state index in [1.165, 1.54) is 6.07 Å². The Labute approximate surface area is 262 Å². The van der Waals surface area contributed by atoms with Gasteiger partial charge in [-0.15, -0.1) is 0 Å². The van der Waals surface area contributed by atoms with Crippen LogP contribution in [0.25, 0.3) is 0 Å². The number of hydrogen-bond donors (Lipinski definition) is 8. The fourth-order valence-electron chi connectivity index (χ4n) is 2.29. The first kappa shape index (κ1) is 38.1. The van der Waals surface area contributed by atoms with Crippen molar-refractivity contribution in [3.8, 4) is 0 Å². The molecule has 0 bridgehead atoms. The Morgan fingerprint density at radius 1 is 1.18 bits per heavy atom. The molecule has 0 radical (unpaired) electrons. The molecule has 2 heterocycles. The van der Waals surface area contributed by atoms with Gasteiger partial charge in [0.25, 0.3) is 5.08 Å². The number of hydrogen-bond acceptors (Lipinski definition) is 12. The number of aliphatic hydroxyl groups is 3. The normalized spacial score (nSPS) is 27.6. The molecule has 0 aliphatic carbocycles. The van der Waals surface area contributed by atoms with Gasteiger partial charge in [-0.3, -0.25) is 18.2 Å². The van der Waals surface area contributed by atoms with E-state index in [0.717, 1.165) is 10.8 Å². The molecule has 23 heteroatoms. The van der Waals surface area contributed by atoms with Crippen molar-refractivity contribution in [2.24, 2.45) is 0 Å². The summed E-state index contributed by atoms with van der Waals surface area (Å²) in [5, 5.41) is 25.9. The molecule has 1 aromatic heterocycles. The van der Waals surface area contributed by atoms with Crippen LogP contribution >= 0.6 is 23.0 Å². The molecule has 1 saturated heterocycles. The number of phosphoric ester groups is 1. The van der Waals surface area contributed by atoms with Crippen LogP contribution in [0.15, 0.2) is 17.1 Å². The molecule has 0 saturated carbocycles. The molecular weight excluding hydrogens is 560 g/mol. The van der Waals surface area contributed by atoms with Crippen LogP contribution in [-0.4, -0.2) is 74.4 Å². The molecule has 0 aromatic carbocycles. The molecule has 2 rings (SSSR count). The quantitative estimate of drug-likeness (QED) is 0.104. The Balaban J connectivity index is -0.000000569. The number of nitrogen functional groups attached to an aromatic ring is 1. The van der Waals surface area contributed by atoms with Crippen LogP contribution in [0.4, 0.5) is 5.82 Å². The first-order valence-corrected chi connectivity index (χ1v) is 12.7. The number of ether oxygens (including phenoxy) is 1. The Morgan fingerprint density at radius 3 is 2.18 bits per heavy atom. The maximum Gasteiger partial charge on any atom is 1.00 e. The van der Waals surface area contributed by atoms with Crippen molar-refractivity contribution in [2.45, 2.75) is 36.5 Å². The van der Waals surface area contributed by atoms with E-state index in [1.54, 1.807) is 0 Å². The van der Waals surface area contributed by atoms with E-state index in [-0.39, 0.29) is 106 Å². The predicted molar refractivity (Wildman–Crippen MR) is 102 cm³/mol. The summed E-state index contributed by atoms with van der Waals surface area (Å²) in [5.41, 5.74) is 4.39. The first-order chi connectivity index (χ1) is 13.9. The number of aromatic nitrogens is 2. The van der Waals surface area contributed by atoms with Gasteiger partial charge in [0.15, 0.2) is 6.23 Å². The predicted octanol–water partition coefficient (Wildman–Crippen LogP) is -11.0. The number of nitrogens with zero attached hydrogens (tertiary/aromatic N) is 2. The van der Waals surface area contributed by atoms with Gasteiger partial charge >= 0.3 is 117 Å². The summed E-state index contributed by atoms with van der Waals surface area (Å²) in [6.45, 7) is -0.852. The molecule has 1 fully saturated rings. The molecule has 184 valence electrons. The van der Waals surface area contributed by atoms with E-state index < -0.39 is 64.9 Å². The Morgan fingerprint density at radius 2 is 1.71 bits per heavy atom. The molecule has 7 atom stereocenters. The fraction of sp³-hybridized carbons (Fsp3) is 0.636. The Bertz CT molecular complexity index is 1050. The summed E-state index contributed by atoms with van der Waals surface area (Å²) in [6.07, 6.45) is -5.51. The van der Waals surface area contributed by atoms with Gasteiger partial charge in [-0.25, -0.2) is 13.7 Å². The van der Waals surface area contributed by atoms with Crippen LogP contribution in [0, 0.1) is 0 Å². The molecule has 1 aliphatic heterocycles. The molecule has 17 nitrogen and oxygen atoms in total. The zero-order valence-electron chi connectivity index (χ0n) is 21.5. The third kappa shape index (κ3) is 8.75. The van der Waals surface area contributed by atoms with Crippen molar-refractivity contribution in [3.63, 3.8) is 0 Å². The maximum absolute atomic E-state index is 11.9. The zero-order valence-corrected chi connectivity index (χ0v) is 27.2. The van der Waals surface area contributed by atoms with Crippen LogP contribution in [0.2, 0.25) is 0 Å². The van der Waals surface area contributed by atoms with Crippen molar-refractivity contribution < 1.29 is 155 Å². The number of phosphoric acid groups is 1. The standard InChI is InChI=1S/C11H20N3O14P3.3Na.3H/c1-11(18,29(19,20)21)30(22,23)28-31(24,25)26-4-5-7(15)8(16)9(27-5)14-3-2-6(12)13-10(14)17;;;;;;/h2-3,5,7-9,15-16,18H,4H2,1H3,(H,22,23)(H,24,25)(H2,12,13,17)(H2,19,20,21);;;;;;/q;3*+1;3*-1/t5-,7-,8+,9-,11?;;;;;;/m1....../s1. The van der Waals surface area contributed by atoms with Crippen molar-refractivity contribution in [1.29, 1.82) is 0 Å². The van der Waals surface area contributed by atoms with Gasteiger partial charge in [0.1, 0.15) is 24.1 Å². The second-order valence-electron chi connectivity index (χ2n) is 6.47. The fourth-order valence-corrected chi connectivity index (χ4v) is 6.20. The number of anilines is 1. The second kappa shape index (κ2) is 13.9. The summed E-state index contributed by atoms with van der Waals surface area (Å²) in [5.74, 6) is -0.132. The molecule has 0 amide bonds. The first-order valence-electron chi connectivity index (χ1n) is 8.05. The minimum atomic E-state index is -5.86. The minimum Gasteiger partial charge on any atom is -1.00 e. The number of rotatable bonds is 8. The van der Waals surface area contributed by atoms with Crippen LogP contribution in [0.5, 0.6) is 0 Å². The molecule has 3 unspecified atom stereocenters. The summed E-state index contributed by atoms with van der Waals surface area (Å²) >= 11 is 0. The topological polar surface area (TPSA) is 281 Å². The largest absolute Gasteiger partial charge is 1.00 e. The molecule has 9 N–H and O–H groups in total. The van der Waals surface area contributed by atoms with Crippen molar-refractivity contribution in [2.75, 3.05) is 12.3 Å². The van der Waals surface area contributed by atoms with E-state index in [2.05, 4.69) is 13.8 Å². The summed E-state index contributed by atoms with van der Waals surface area (Å²) in [6, 6.07) is 1.19. The number of nitrogens with two attached hydrogens (primary N) is 1. The van der Waals surface area contributed by atoms with E-state index in [1.807, 2.05) is 0 Å². The van der Waals surface area contributed by atoms with Gasteiger partial charge in [-0.1, -0.05) is 0 Å². The molecule has 0 spiro atoms. The van der Waals surface area contributed by atoms with Gasteiger partial charge in [0, 0.05) is 6.20 Å². The van der Waals surface area contributed by atoms with Crippen molar-refractivity contribution >= 4 is 28.8 Å². The third-order valence-electron chi connectivity index (χ3n) is 4.17. The summed E-state index contributed by atoms with van der Waals surface area (Å²) in [4.78, 5) is 52.3. The average molecular weight is 583 g/mol. The van der Waals surface area contributed by atoms with Crippen molar-refractivity contribution in [1.82, 2.24) is 9.55 Å². The average Bonchev–Trinajstić information content (AvgIpc) is 2.86. The van der Waals surface area contributed by atoms with Gasteiger partial charge in [-0.2, -0.15) is 4.98 Å². The molecule has 1 aromatic rings. The van der Waals surface area contributed by atoms with Crippen LogP contribution in [-0.2, 0) is 27.3 Å². The smallest absolute Gasteiger partial charge is 1.00 e. The zero-order chi connectivity index (χ0) is 24.0. The van der Waals surface area contributed by atoms with Crippen LogP contribution in [0.1, 0.15) is 17.4 Å². The maximum atomic E-state index is 11.9. The summed E-state index contributed by atoms with van der Waals surface area (Å²) in [7, 11) is -17.1. The Hall–Kier alpha value is 1.97. The SMILES string of the molecule is CC(O)(P(=O)(O)O)P(=O)(O)OP(=O)(O)OC[C@H]1O[C@@H](n2ccc(N)nc2=O)[C@@H](O)[C@@H]1O.[H-].[H-].[H-].[Na+].[Na+].[Na+]. The molecule has 1 aliphatic rings. The van der Waals surface area contributed by atoms with Gasteiger partial charge in [0.05, 0.1) is 6.61 Å². The van der Waals surface area contributed by atoms with Crippen molar-refractivity contribution in [3.05, 3.63) is 22.7 Å². The van der Waals surface area contributed by atoms with Gasteiger partial charge in [0.2, 0.25) is 0 Å². The van der Waals surface area contributed by atoms with E-state index in [0.29, 0.717) is 0 Å². The molecular formula is C11H23N3Na3O14P3. The summed E-state index contributed by atoms with van der Waals surface area (Å²) < 4.78 is 49.2. The second-order valence-corrected chi connectivity index (χ2v) is 12.5. The van der Waals surface area contributed by atoms with E-state index in [9.17, 15) is 43.6 Å². The van der Waals surface area contributed by atoms with Gasteiger partial charge < -0.3 is 49.6 Å². The molecule has 34 heavy (non-hydrogen) atoms.